The Morgan fingerprint density at radius 2 is 1.24 bits per heavy atom. The molecule has 2 aliphatic rings. The van der Waals surface area contributed by atoms with E-state index in [1.165, 1.54) is 0 Å². The molecule has 9 nitrogen and oxygen atoms in total. The second-order valence-corrected chi connectivity index (χ2v) is 11.1. The van der Waals surface area contributed by atoms with Gasteiger partial charge in [-0.2, -0.15) is 0 Å². The number of nitrogens with zero attached hydrogens (tertiary/aromatic N) is 2. The minimum absolute atomic E-state index is 0. The van der Waals surface area contributed by atoms with Crippen LogP contribution in [0.3, 0.4) is 0 Å². The SMILES string of the molecule is CC1CCN(C(=O)OCc2ccccc2)CCCC1=O.CC1CCN(C(=O)OCc2ccccc2)CCCC1O.CCO.[B].[H-].[Na+]. The normalized spacial score (nSPS) is 19.9. The van der Waals surface area contributed by atoms with E-state index in [9.17, 15) is 19.5 Å². The van der Waals surface area contributed by atoms with Crippen LogP contribution in [0.1, 0.15) is 71.8 Å². The molecule has 2 amide bonds. The maximum Gasteiger partial charge on any atom is 1.00 e. The van der Waals surface area contributed by atoms with E-state index in [0.717, 1.165) is 43.2 Å². The molecule has 2 fully saturated rings. The van der Waals surface area contributed by atoms with Crippen LogP contribution in [0.15, 0.2) is 60.7 Å². The number of aliphatic hydroxyl groups excluding tert-OH is 2. The van der Waals surface area contributed by atoms with Crippen molar-refractivity contribution in [3.05, 3.63) is 71.8 Å². The third kappa shape index (κ3) is 17.2. The van der Waals surface area contributed by atoms with E-state index in [2.05, 4.69) is 0 Å². The standard InChI is InChI=1S/C16H23NO3.C16H21NO3.C2H6O.B.Na.H/c2*1-13-9-11-17(10-5-8-15(13)18)16(19)20-12-14-6-3-2-4-7-14;1-2-3;;;/h2-4,6-7,13,15,18H,5,8-12H2,1H3;2-4,6-7,13H,5,8-12H2,1H3;3H,2H2,1H3;;;/q;;;;+1;-1. The predicted molar refractivity (Wildman–Crippen MR) is 173 cm³/mol. The van der Waals surface area contributed by atoms with Gasteiger partial charge in [0.2, 0.25) is 0 Å². The first-order valence-electron chi connectivity index (χ1n) is 15.5. The summed E-state index contributed by atoms with van der Waals surface area (Å²) in [7, 11) is 0. The zero-order valence-electron chi connectivity index (χ0n) is 28.6. The molecular formula is C34H51BN2NaO7. The quantitative estimate of drug-likeness (QED) is 0.498. The Morgan fingerprint density at radius 3 is 1.73 bits per heavy atom. The minimum Gasteiger partial charge on any atom is -1.00 e. The summed E-state index contributed by atoms with van der Waals surface area (Å²) < 4.78 is 10.7. The Bertz CT molecular complexity index is 1090. The number of rotatable bonds is 4. The molecule has 0 saturated carbocycles. The van der Waals surface area contributed by atoms with Gasteiger partial charge < -0.3 is 30.9 Å². The Balaban J connectivity index is 0. The summed E-state index contributed by atoms with van der Waals surface area (Å²) in [6.45, 7) is 9.03. The minimum atomic E-state index is -0.282. The van der Waals surface area contributed by atoms with Crippen LogP contribution in [-0.4, -0.2) is 85.3 Å². The van der Waals surface area contributed by atoms with Crippen molar-refractivity contribution in [2.24, 2.45) is 11.8 Å². The van der Waals surface area contributed by atoms with Crippen LogP contribution in [0, 0.1) is 11.8 Å². The summed E-state index contributed by atoms with van der Waals surface area (Å²) in [5.41, 5.74) is 1.98. The van der Waals surface area contributed by atoms with Gasteiger partial charge in [0.1, 0.15) is 19.0 Å². The van der Waals surface area contributed by atoms with Gasteiger partial charge in [-0.25, -0.2) is 9.59 Å². The van der Waals surface area contributed by atoms with Crippen molar-refractivity contribution in [2.75, 3.05) is 32.8 Å². The van der Waals surface area contributed by atoms with Crippen molar-refractivity contribution >= 4 is 26.4 Å². The third-order valence-corrected chi connectivity index (χ3v) is 7.60. The molecule has 2 saturated heterocycles. The van der Waals surface area contributed by atoms with Crippen molar-refractivity contribution in [3.8, 4) is 0 Å². The van der Waals surface area contributed by atoms with Gasteiger partial charge in [0.15, 0.2) is 0 Å². The van der Waals surface area contributed by atoms with Gasteiger partial charge >= 0.3 is 41.7 Å². The maximum absolute atomic E-state index is 12.1. The number of hydrogen-bond acceptors (Lipinski definition) is 7. The Labute approximate surface area is 295 Å². The molecule has 243 valence electrons. The van der Waals surface area contributed by atoms with Crippen LogP contribution >= 0.6 is 0 Å². The molecular weight excluding hydrogens is 582 g/mol. The summed E-state index contributed by atoms with van der Waals surface area (Å²) >= 11 is 0. The zero-order chi connectivity index (χ0) is 31.5. The third-order valence-electron chi connectivity index (χ3n) is 7.60. The molecule has 2 aliphatic heterocycles. The van der Waals surface area contributed by atoms with Crippen LogP contribution in [0.5, 0.6) is 0 Å². The number of carbonyl (C=O) groups is 3. The molecule has 11 heteroatoms. The molecule has 3 radical (unpaired) electrons. The number of hydrogen-bond donors (Lipinski definition) is 2. The van der Waals surface area contributed by atoms with Crippen molar-refractivity contribution in [1.29, 1.82) is 0 Å². The topological polar surface area (TPSA) is 117 Å². The summed E-state index contributed by atoms with van der Waals surface area (Å²) in [6.07, 6.45) is 3.63. The largest absolute Gasteiger partial charge is 1.00 e. The Morgan fingerprint density at radius 1 is 0.800 bits per heavy atom. The molecule has 3 atom stereocenters. The molecule has 4 rings (SSSR count). The fraction of sp³-hybridized carbons (Fsp3) is 0.559. The summed E-state index contributed by atoms with van der Waals surface area (Å²) in [5, 5.41) is 17.4. The zero-order valence-corrected chi connectivity index (χ0v) is 29.6. The number of ether oxygens (including phenoxy) is 2. The van der Waals surface area contributed by atoms with Crippen molar-refractivity contribution < 1.29 is 65.1 Å². The van der Waals surface area contributed by atoms with E-state index in [1.807, 2.05) is 74.5 Å². The molecule has 2 aromatic rings. The van der Waals surface area contributed by atoms with Crippen molar-refractivity contribution in [1.82, 2.24) is 9.80 Å². The summed E-state index contributed by atoms with van der Waals surface area (Å²) in [5.74, 6) is 0.585. The fourth-order valence-corrected chi connectivity index (χ4v) is 4.74. The second kappa shape index (κ2) is 24.8. The molecule has 2 N–H and O–H groups in total. The molecule has 0 bridgehead atoms. The predicted octanol–water partition coefficient (Wildman–Crippen LogP) is 2.55. The van der Waals surface area contributed by atoms with E-state index < -0.39 is 0 Å². The molecule has 3 unspecified atom stereocenters. The van der Waals surface area contributed by atoms with E-state index >= 15 is 0 Å². The molecule has 2 aromatic carbocycles. The summed E-state index contributed by atoms with van der Waals surface area (Å²) in [4.78, 5) is 39.2. The Kier molecular flexibility index (Phi) is 23.5. The number of Topliss-reactive ketones (excluding diaryl/α,β-unsaturated/α-hetero) is 1. The van der Waals surface area contributed by atoms with Crippen LogP contribution in [0.4, 0.5) is 9.59 Å². The first-order valence-corrected chi connectivity index (χ1v) is 15.5. The van der Waals surface area contributed by atoms with Crippen LogP contribution in [0.2, 0.25) is 0 Å². The molecule has 0 spiro atoms. The molecule has 0 aliphatic carbocycles. The summed E-state index contributed by atoms with van der Waals surface area (Å²) in [6, 6.07) is 19.3. The van der Waals surface area contributed by atoms with Crippen LogP contribution < -0.4 is 29.6 Å². The van der Waals surface area contributed by atoms with E-state index in [0.29, 0.717) is 51.6 Å². The molecule has 45 heavy (non-hydrogen) atoms. The number of ketones is 1. The van der Waals surface area contributed by atoms with Gasteiger partial charge in [-0.1, -0.05) is 74.5 Å². The smallest absolute Gasteiger partial charge is 1.00 e. The van der Waals surface area contributed by atoms with Gasteiger partial charge in [0.05, 0.1) is 6.10 Å². The van der Waals surface area contributed by atoms with Gasteiger partial charge in [-0.15, -0.1) is 0 Å². The van der Waals surface area contributed by atoms with Crippen LogP contribution in [-0.2, 0) is 27.5 Å². The molecule has 2 heterocycles. The van der Waals surface area contributed by atoms with E-state index in [4.69, 9.17) is 14.6 Å². The average Bonchev–Trinajstić information content (AvgIpc) is 3.01. The van der Waals surface area contributed by atoms with Gasteiger partial charge in [0, 0.05) is 53.5 Å². The monoisotopic (exact) mass is 633 g/mol. The maximum atomic E-state index is 12.1. The second-order valence-electron chi connectivity index (χ2n) is 11.1. The van der Waals surface area contributed by atoms with Crippen molar-refractivity contribution in [3.63, 3.8) is 0 Å². The number of carbonyl (C=O) groups excluding carboxylic acids is 3. The van der Waals surface area contributed by atoms with E-state index in [1.54, 1.807) is 16.7 Å². The number of amides is 2. The first kappa shape index (κ1) is 42.6. The van der Waals surface area contributed by atoms with Crippen molar-refractivity contribution in [2.45, 2.75) is 78.6 Å². The van der Waals surface area contributed by atoms with Gasteiger partial charge in [-0.3, -0.25) is 4.79 Å². The fourth-order valence-electron chi connectivity index (χ4n) is 4.74. The Hall–Kier alpha value is -2.37. The average molecular weight is 634 g/mol. The van der Waals surface area contributed by atoms with Gasteiger partial charge in [0.25, 0.3) is 0 Å². The number of aliphatic hydroxyl groups is 2. The number of benzene rings is 2. The van der Waals surface area contributed by atoms with E-state index in [-0.39, 0.29) is 76.1 Å². The van der Waals surface area contributed by atoms with Crippen LogP contribution in [0.25, 0.3) is 0 Å². The van der Waals surface area contributed by atoms with Gasteiger partial charge in [-0.05, 0) is 56.1 Å². The first-order chi connectivity index (χ1) is 20.7. The molecule has 0 aromatic heterocycles. The number of likely N-dealkylation sites (tertiary alicyclic amines) is 2.